The second kappa shape index (κ2) is 6.26. The molecular weight excluding hydrogens is 244 g/mol. The lowest BCUT2D eigenvalue weighted by Gasteiger charge is -2.38. The number of piperidine rings is 1. The molecule has 1 aliphatic rings. The Bertz CT molecular complexity index is 342. The predicted molar refractivity (Wildman–Crippen MR) is 74.0 cm³/mol. The summed E-state index contributed by atoms with van der Waals surface area (Å²) in [7, 11) is 0. The van der Waals surface area contributed by atoms with Crippen molar-refractivity contribution in [3.8, 4) is 0 Å². The summed E-state index contributed by atoms with van der Waals surface area (Å²) in [6, 6.07) is 0.175. The van der Waals surface area contributed by atoms with Gasteiger partial charge in [-0.15, -0.1) is 0 Å². The average Bonchev–Trinajstić information content (AvgIpc) is 2.25. The Morgan fingerprint density at radius 3 is 2.53 bits per heavy atom. The minimum atomic E-state index is -0.831. The Morgan fingerprint density at radius 2 is 2.00 bits per heavy atom. The fraction of sp³-hybridized carbons (Fsp3) is 0.857. The standard InChI is InChI=1S/C14H26N2O3/c1-10-6-8-16(11(2)9-10)13(19)15-14(3,4)7-5-12(17)18/h10-11H,5-9H2,1-4H3,(H,15,19)(H,17,18). The first kappa shape index (κ1) is 15.8. The lowest BCUT2D eigenvalue weighted by atomic mass is 9.93. The largest absolute Gasteiger partial charge is 0.481 e. The van der Waals surface area contributed by atoms with E-state index in [0.29, 0.717) is 12.3 Å². The SMILES string of the molecule is CC1CCN(C(=O)NC(C)(C)CCC(=O)O)C(C)C1. The van der Waals surface area contributed by atoms with Crippen LogP contribution in [0.15, 0.2) is 0 Å². The highest BCUT2D eigenvalue weighted by molar-refractivity contribution is 5.75. The van der Waals surface area contributed by atoms with Crippen molar-refractivity contribution >= 4 is 12.0 Å². The fourth-order valence-electron chi connectivity index (χ4n) is 2.55. The number of carboxylic acid groups (broad SMARTS) is 1. The van der Waals surface area contributed by atoms with E-state index in [-0.39, 0.29) is 18.5 Å². The van der Waals surface area contributed by atoms with Crippen LogP contribution in [-0.4, -0.2) is 40.1 Å². The van der Waals surface area contributed by atoms with Crippen LogP contribution in [0.25, 0.3) is 0 Å². The maximum atomic E-state index is 12.2. The third kappa shape index (κ3) is 5.09. The zero-order valence-corrected chi connectivity index (χ0v) is 12.4. The number of nitrogens with zero attached hydrogens (tertiary/aromatic N) is 1. The van der Waals surface area contributed by atoms with Gasteiger partial charge in [-0.3, -0.25) is 4.79 Å². The fourth-order valence-corrected chi connectivity index (χ4v) is 2.55. The van der Waals surface area contributed by atoms with E-state index in [0.717, 1.165) is 19.4 Å². The van der Waals surface area contributed by atoms with Crippen LogP contribution < -0.4 is 5.32 Å². The summed E-state index contributed by atoms with van der Waals surface area (Å²) >= 11 is 0. The summed E-state index contributed by atoms with van der Waals surface area (Å²) in [4.78, 5) is 24.7. The number of carboxylic acids is 1. The molecule has 0 aromatic rings. The van der Waals surface area contributed by atoms with Crippen molar-refractivity contribution in [3.05, 3.63) is 0 Å². The maximum absolute atomic E-state index is 12.2. The Labute approximate surface area is 115 Å². The molecule has 0 bridgehead atoms. The third-order valence-electron chi connectivity index (χ3n) is 3.81. The van der Waals surface area contributed by atoms with Crippen LogP contribution in [0.2, 0.25) is 0 Å². The lowest BCUT2D eigenvalue weighted by Crippen LogP contribution is -2.54. The van der Waals surface area contributed by atoms with E-state index < -0.39 is 11.5 Å². The number of amides is 2. The number of nitrogens with one attached hydrogen (secondary N) is 1. The smallest absolute Gasteiger partial charge is 0.318 e. The monoisotopic (exact) mass is 270 g/mol. The van der Waals surface area contributed by atoms with Crippen LogP contribution in [0.4, 0.5) is 4.79 Å². The summed E-state index contributed by atoms with van der Waals surface area (Å²) in [5, 5.41) is 11.7. The van der Waals surface area contributed by atoms with Gasteiger partial charge in [-0.2, -0.15) is 0 Å². The van der Waals surface area contributed by atoms with E-state index in [1.165, 1.54) is 0 Å². The van der Waals surface area contributed by atoms with Crippen molar-refractivity contribution in [2.45, 2.75) is 65.0 Å². The molecule has 5 nitrogen and oxygen atoms in total. The summed E-state index contributed by atoms with van der Waals surface area (Å²) < 4.78 is 0. The summed E-state index contributed by atoms with van der Waals surface area (Å²) in [5.41, 5.74) is -0.488. The second-order valence-electron chi connectivity index (χ2n) is 6.38. The van der Waals surface area contributed by atoms with E-state index in [9.17, 15) is 9.59 Å². The van der Waals surface area contributed by atoms with Gasteiger partial charge < -0.3 is 15.3 Å². The molecule has 2 unspecified atom stereocenters. The highest BCUT2D eigenvalue weighted by atomic mass is 16.4. The van der Waals surface area contributed by atoms with Crippen LogP contribution in [0.3, 0.4) is 0 Å². The minimum absolute atomic E-state index is 0.0693. The van der Waals surface area contributed by atoms with Gasteiger partial charge in [0.1, 0.15) is 0 Å². The van der Waals surface area contributed by atoms with Gasteiger partial charge in [-0.05, 0) is 46.0 Å². The molecule has 0 aromatic carbocycles. The molecule has 110 valence electrons. The van der Waals surface area contributed by atoms with Crippen LogP contribution >= 0.6 is 0 Å². The molecule has 1 fully saturated rings. The molecule has 1 heterocycles. The van der Waals surface area contributed by atoms with Crippen molar-refractivity contribution in [2.24, 2.45) is 5.92 Å². The van der Waals surface area contributed by atoms with E-state index >= 15 is 0 Å². The molecule has 2 amide bonds. The van der Waals surface area contributed by atoms with Crippen LogP contribution in [-0.2, 0) is 4.79 Å². The van der Waals surface area contributed by atoms with Crippen LogP contribution in [0.1, 0.15) is 53.4 Å². The highest BCUT2D eigenvalue weighted by Crippen LogP contribution is 2.23. The van der Waals surface area contributed by atoms with Gasteiger partial charge in [-0.25, -0.2) is 4.79 Å². The Hall–Kier alpha value is -1.26. The van der Waals surface area contributed by atoms with Gasteiger partial charge in [0.25, 0.3) is 0 Å². The van der Waals surface area contributed by atoms with E-state index in [4.69, 9.17) is 5.11 Å². The molecule has 0 radical (unpaired) electrons. The van der Waals surface area contributed by atoms with Gasteiger partial charge in [0, 0.05) is 24.5 Å². The van der Waals surface area contributed by atoms with Crippen LogP contribution in [0.5, 0.6) is 0 Å². The molecule has 0 saturated carbocycles. The zero-order chi connectivity index (χ0) is 14.6. The zero-order valence-electron chi connectivity index (χ0n) is 12.4. The summed E-state index contributed by atoms with van der Waals surface area (Å²) in [6.45, 7) is 8.79. The predicted octanol–water partition coefficient (Wildman–Crippen LogP) is 2.46. The average molecular weight is 270 g/mol. The van der Waals surface area contributed by atoms with Crippen molar-refractivity contribution in [2.75, 3.05) is 6.54 Å². The number of carbonyl (C=O) groups excluding carboxylic acids is 1. The molecule has 5 heteroatoms. The molecular formula is C14H26N2O3. The van der Waals surface area contributed by atoms with Gasteiger partial charge >= 0.3 is 12.0 Å². The molecule has 2 N–H and O–H groups in total. The third-order valence-corrected chi connectivity index (χ3v) is 3.81. The van der Waals surface area contributed by atoms with Gasteiger partial charge in [0.2, 0.25) is 0 Å². The number of aliphatic carboxylic acids is 1. The number of hydrogen-bond donors (Lipinski definition) is 2. The number of hydrogen-bond acceptors (Lipinski definition) is 2. The van der Waals surface area contributed by atoms with Gasteiger partial charge in [-0.1, -0.05) is 6.92 Å². The molecule has 1 aliphatic heterocycles. The van der Waals surface area contributed by atoms with E-state index in [2.05, 4.69) is 19.2 Å². The van der Waals surface area contributed by atoms with Crippen LogP contribution in [0, 0.1) is 5.92 Å². The van der Waals surface area contributed by atoms with Crippen molar-refractivity contribution in [1.82, 2.24) is 10.2 Å². The Morgan fingerprint density at radius 1 is 1.37 bits per heavy atom. The van der Waals surface area contributed by atoms with E-state index in [1.54, 1.807) is 0 Å². The first-order valence-corrected chi connectivity index (χ1v) is 7.02. The summed E-state index contributed by atoms with van der Waals surface area (Å²) in [6.07, 6.45) is 2.57. The maximum Gasteiger partial charge on any atom is 0.318 e. The molecule has 0 aromatic heterocycles. The van der Waals surface area contributed by atoms with Crippen molar-refractivity contribution in [1.29, 1.82) is 0 Å². The quantitative estimate of drug-likeness (QED) is 0.824. The topological polar surface area (TPSA) is 69.6 Å². The second-order valence-corrected chi connectivity index (χ2v) is 6.38. The molecule has 19 heavy (non-hydrogen) atoms. The Kier molecular flexibility index (Phi) is 5.20. The lowest BCUT2D eigenvalue weighted by molar-refractivity contribution is -0.137. The number of carbonyl (C=O) groups is 2. The summed E-state index contributed by atoms with van der Waals surface area (Å²) in [5.74, 6) is -0.165. The molecule has 2 atom stereocenters. The first-order chi connectivity index (χ1) is 8.71. The van der Waals surface area contributed by atoms with Gasteiger partial charge in [0.15, 0.2) is 0 Å². The molecule has 1 rings (SSSR count). The van der Waals surface area contributed by atoms with Gasteiger partial charge in [0.05, 0.1) is 0 Å². The highest BCUT2D eigenvalue weighted by Gasteiger charge is 2.30. The number of rotatable bonds is 4. The van der Waals surface area contributed by atoms with Crippen molar-refractivity contribution < 1.29 is 14.7 Å². The number of likely N-dealkylation sites (tertiary alicyclic amines) is 1. The first-order valence-electron chi connectivity index (χ1n) is 7.02. The van der Waals surface area contributed by atoms with Crippen molar-refractivity contribution in [3.63, 3.8) is 0 Å². The molecule has 0 aliphatic carbocycles. The Balaban J connectivity index is 2.51. The molecule has 1 saturated heterocycles. The normalized spacial score (nSPS) is 24.1. The minimum Gasteiger partial charge on any atom is -0.481 e. The number of urea groups is 1. The van der Waals surface area contributed by atoms with E-state index in [1.807, 2.05) is 18.7 Å². The molecule has 0 spiro atoms.